The van der Waals surface area contributed by atoms with Crippen molar-refractivity contribution in [2.45, 2.75) is 37.3 Å². The van der Waals surface area contributed by atoms with Gasteiger partial charge in [-0.2, -0.15) is 11.8 Å². The predicted octanol–water partition coefficient (Wildman–Crippen LogP) is 2.12. The Morgan fingerprint density at radius 3 is 2.56 bits per heavy atom. The van der Waals surface area contributed by atoms with Crippen molar-refractivity contribution in [1.82, 2.24) is 0 Å². The van der Waals surface area contributed by atoms with Crippen LogP contribution in [0.3, 0.4) is 0 Å². The molecule has 0 spiro atoms. The third kappa shape index (κ3) is 3.73. The standard InChI is InChI=1S/C11H24O3SSi/c1-12-16(13-2)11(8-6-10-15-3)7-4-5-9-14-11/h16H,4-10H2,1-3H3. The molecule has 1 saturated heterocycles. The lowest BCUT2D eigenvalue weighted by Crippen LogP contribution is -2.53. The molecule has 0 N–H and O–H groups in total. The molecule has 16 heavy (non-hydrogen) atoms. The van der Waals surface area contributed by atoms with Crippen LogP contribution in [0.1, 0.15) is 32.1 Å². The Bertz CT molecular complexity index is 182. The van der Waals surface area contributed by atoms with E-state index in [2.05, 4.69) is 6.26 Å². The Morgan fingerprint density at radius 1 is 1.31 bits per heavy atom. The molecule has 0 radical (unpaired) electrons. The number of ether oxygens (including phenoxy) is 1. The van der Waals surface area contributed by atoms with Gasteiger partial charge in [-0.25, -0.2) is 0 Å². The van der Waals surface area contributed by atoms with Crippen LogP contribution in [0, 0.1) is 0 Å². The molecule has 1 rings (SSSR count). The summed E-state index contributed by atoms with van der Waals surface area (Å²) >= 11 is 1.89. The Morgan fingerprint density at radius 2 is 2.06 bits per heavy atom. The van der Waals surface area contributed by atoms with Gasteiger partial charge < -0.3 is 13.6 Å². The van der Waals surface area contributed by atoms with E-state index in [1.165, 1.54) is 25.0 Å². The molecule has 0 aromatic rings. The van der Waals surface area contributed by atoms with Crippen molar-refractivity contribution >= 4 is 21.0 Å². The monoisotopic (exact) mass is 264 g/mol. The van der Waals surface area contributed by atoms with Gasteiger partial charge in [0.25, 0.3) is 0 Å². The van der Waals surface area contributed by atoms with Crippen LogP contribution in [0.2, 0.25) is 0 Å². The van der Waals surface area contributed by atoms with Crippen molar-refractivity contribution in [3.05, 3.63) is 0 Å². The van der Waals surface area contributed by atoms with Crippen molar-refractivity contribution in [2.75, 3.05) is 32.8 Å². The van der Waals surface area contributed by atoms with E-state index in [0.717, 1.165) is 19.4 Å². The fourth-order valence-corrected chi connectivity index (χ4v) is 5.03. The smallest absolute Gasteiger partial charge is 0.354 e. The third-order valence-electron chi connectivity index (χ3n) is 3.19. The Labute approximate surface area is 105 Å². The first kappa shape index (κ1) is 14.5. The number of hydrogen-bond acceptors (Lipinski definition) is 4. The van der Waals surface area contributed by atoms with E-state index in [-0.39, 0.29) is 5.22 Å². The summed E-state index contributed by atoms with van der Waals surface area (Å²) in [5, 5.41) is -0.0719. The van der Waals surface area contributed by atoms with E-state index in [4.69, 9.17) is 13.6 Å². The molecule has 1 aliphatic heterocycles. The first-order valence-electron chi connectivity index (χ1n) is 5.97. The highest BCUT2D eigenvalue weighted by molar-refractivity contribution is 7.98. The summed E-state index contributed by atoms with van der Waals surface area (Å²) in [7, 11) is 1.83. The minimum Gasteiger partial charge on any atom is -0.398 e. The highest BCUT2D eigenvalue weighted by Crippen LogP contribution is 2.33. The van der Waals surface area contributed by atoms with Crippen molar-refractivity contribution in [1.29, 1.82) is 0 Å². The van der Waals surface area contributed by atoms with Crippen molar-refractivity contribution in [3.63, 3.8) is 0 Å². The molecule has 1 atom stereocenters. The molecule has 0 aliphatic carbocycles. The molecule has 1 heterocycles. The summed E-state index contributed by atoms with van der Waals surface area (Å²) < 4.78 is 17.2. The molecular weight excluding hydrogens is 240 g/mol. The fraction of sp³-hybridized carbons (Fsp3) is 1.00. The van der Waals surface area contributed by atoms with Gasteiger partial charge in [-0.3, -0.25) is 0 Å². The minimum atomic E-state index is -1.68. The van der Waals surface area contributed by atoms with Gasteiger partial charge in [0.2, 0.25) is 0 Å². The van der Waals surface area contributed by atoms with Crippen LogP contribution >= 0.6 is 11.8 Å². The van der Waals surface area contributed by atoms with Crippen LogP contribution in [0.25, 0.3) is 0 Å². The first-order valence-corrected chi connectivity index (χ1v) is 8.89. The molecule has 1 aliphatic rings. The summed E-state index contributed by atoms with van der Waals surface area (Å²) in [5.74, 6) is 1.19. The van der Waals surface area contributed by atoms with Crippen LogP contribution < -0.4 is 0 Å². The molecule has 96 valence electrons. The lowest BCUT2D eigenvalue weighted by molar-refractivity contribution is -0.0518. The van der Waals surface area contributed by atoms with Crippen molar-refractivity contribution < 1.29 is 13.6 Å². The van der Waals surface area contributed by atoms with E-state index >= 15 is 0 Å². The summed E-state index contributed by atoms with van der Waals surface area (Å²) in [6.45, 7) is 0.871. The molecule has 0 aromatic heterocycles. The van der Waals surface area contributed by atoms with Gasteiger partial charge in [-0.15, -0.1) is 0 Å². The number of rotatable bonds is 7. The SMILES string of the molecule is CO[SiH](OC)C1(CCCSC)CCCCO1. The van der Waals surface area contributed by atoms with Crippen LogP contribution in [-0.4, -0.2) is 47.3 Å². The molecule has 1 unspecified atom stereocenters. The van der Waals surface area contributed by atoms with E-state index in [0.29, 0.717) is 0 Å². The van der Waals surface area contributed by atoms with Crippen LogP contribution in [-0.2, 0) is 13.6 Å². The topological polar surface area (TPSA) is 27.7 Å². The zero-order valence-corrected chi connectivity index (χ0v) is 12.6. The molecule has 0 bridgehead atoms. The molecule has 5 heteroatoms. The zero-order valence-electron chi connectivity index (χ0n) is 10.7. The van der Waals surface area contributed by atoms with Gasteiger partial charge in [0.15, 0.2) is 0 Å². The summed E-state index contributed by atoms with van der Waals surface area (Å²) in [4.78, 5) is 0. The second kappa shape index (κ2) is 7.71. The highest BCUT2D eigenvalue weighted by Gasteiger charge is 2.44. The maximum atomic E-state index is 6.06. The summed E-state index contributed by atoms with van der Waals surface area (Å²) in [6.07, 6.45) is 7.97. The molecule has 1 fully saturated rings. The van der Waals surface area contributed by atoms with Crippen LogP contribution in [0.15, 0.2) is 0 Å². The van der Waals surface area contributed by atoms with Gasteiger partial charge in [-0.1, -0.05) is 0 Å². The average molecular weight is 264 g/mol. The normalized spacial score (nSPS) is 26.2. The lowest BCUT2D eigenvalue weighted by atomic mass is 10.0. The summed E-state index contributed by atoms with van der Waals surface area (Å²) in [6, 6.07) is 0. The van der Waals surface area contributed by atoms with Gasteiger partial charge >= 0.3 is 9.28 Å². The Kier molecular flexibility index (Phi) is 6.99. The maximum absolute atomic E-state index is 6.06. The number of thioether (sulfide) groups is 1. The van der Waals surface area contributed by atoms with Crippen LogP contribution in [0.4, 0.5) is 0 Å². The molecule has 0 aromatic carbocycles. The first-order chi connectivity index (χ1) is 7.79. The van der Waals surface area contributed by atoms with Gasteiger partial charge in [-0.05, 0) is 44.1 Å². The molecule has 0 saturated carbocycles. The lowest BCUT2D eigenvalue weighted by Gasteiger charge is -2.40. The second-order valence-electron chi connectivity index (χ2n) is 4.27. The predicted molar refractivity (Wildman–Crippen MR) is 71.3 cm³/mol. The van der Waals surface area contributed by atoms with Gasteiger partial charge in [0.05, 0.1) is 0 Å². The Balaban J connectivity index is 2.58. The molecule has 3 nitrogen and oxygen atoms in total. The van der Waals surface area contributed by atoms with Crippen molar-refractivity contribution in [2.24, 2.45) is 0 Å². The second-order valence-corrected chi connectivity index (χ2v) is 7.91. The Hall–Kier alpha value is 0.447. The highest BCUT2D eigenvalue weighted by atomic mass is 32.2. The molecular formula is C11H24O3SSi. The summed E-state index contributed by atoms with van der Waals surface area (Å²) in [5.41, 5.74) is 0. The van der Waals surface area contributed by atoms with Gasteiger partial charge in [0.1, 0.15) is 5.22 Å². The third-order valence-corrected chi connectivity index (χ3v) is 6.35. The van der Waals surface area contributed by atoms with Gasteiger partial charge in [0, 0.05) is 20.8 Å². The van der Waals surface area contributed by atoms with Crippen LogP contribution in [0.5, 0.6) is 0 Å². The van der Waals surface area contributed by atoms with E-state index in [1.807, 2.05) is 11.8 Å². The average Bonchev–Trinajstić information content (AvgIpc) is 2.32. The van der Waals surface area contributed by atoms with E-state index in [9.17, 15) is 0 Å². The van der Waals surface area contributed by atoms with E-state index in [1.54, 1.807) is 14.2 Å². The van der Waals surface area contributed by atoms with Crippen molar-refractivity contribution in [3.8, 4) is 0 Å². The largest absolute Gasteiger partial charge is 0.398 e. The minimum absolute atomic E-state index is 0.0719. The fourth-order valence-electron chi connectivity index (χ4n) is 2.42. The quantitative estimate of drug-likeness (QED) is 0.520. The zero-order chi connectivity index (χ0) is 11.9. The van der Waals surface area contributed by atoms with E-state index < -0.39 is 9.28 Å². The maximum Gasteiger partial charge on any atom is 0.354 e. The number of hydrogen-bond donors (Lipinski definition) is 0. The molecule has 0 amide bonds.